The van der Waals surface area contributed by atoms with Crippen LogP contribution in [-0.2, 0) is 0 Å². The lowest BCUT2D eigenvalue weighted by atomic mass is 10.2. The van der Waals surface area contributed by atoms with E-state index in [2.05, 4.69) is 15.5 Å². The van der Waals surface area contributed by atoms with Crippen LogP contribution in [0.15, 0.2) is 6.20 Å². The molecule has 1 rings (SSSR count). The molecule has 0 fully saturated rings. The van der Waals surface area contributed by atoms with Crippen molar-refractivity contribution in [2.45, 2.75) is 13.8 Å². The first-order valence-corrected chi connectivity index (χ1v) is 4.33. The fraction of sp³-hybridized carbons (Fsp3) is 0.444. The van der Waals surface area contributed by atoms with Gasteiger partial charge in [-0.3, -0.25) is 9.89 Å². The van der Waals surface area contributed by atoms with Crippen LogP contribution >= 0.6 is 0 Å². The second-order valence-electron chi connectivity index (χ2n) is 3.17. The number of aromatic nitrogens is 2. The number of aromatic amines is 1. The van der Waals surface area contributed by atoms with E-state index in [-0.39, 0.29) is 11.8 Å². The first-order valence-electron chi connectivity index (χ1n) is 4.33. The molecule has 0 aliphatic carbocycles. The lowest BCUT2D eigenvalue weighted by Crippen LogP contribution is -2.28. The summed E-state index contributed by atoms with van der Waals surface area (Å²) < 4.78 is 0. The minimum atomic E-state index is -0.220. The van der Waals surface area contributed by atoms with Gasteiger partial charge in [-0.05, 0) is 19.4 Å². The van der Waals surface area contributed by atoms with Crippen molar-refractivity contribution in [2.24, 2.45) is 5.92 Å². The molecule has 0 radical (unpaired) electrons. The lowest BCUT2D eigenvalue weighted by molar-refractivity contribution is 0.0945. The van der Waals surface area contributed by atoms with Crippen molar-refractivity contribution in [3.05, 3.63) is 17.5 Å². The Balaban J connectivity index is 2.53. The molecule has 0 bridgehead atoms. The fourth-order valence-electron chi connectivity index (χ4n) is 0.956. The Morgan fingerprint density at radius 3 is 3.07 bits per heavy atom. The number of rotatable bonds is 3. The molecule has 74 valence electrons. The average molecular weight is 192 g/mol. The maximum Gasteiger partial charge on any atom is 0.269 e. The Bertz CT molecular complexity index is 363. The van der Waals surface area contributed by atoms with Crippen LogP contribution in [0.3, 0.4) is 0 Å². The van der Waals surface area contributed by atoms with Gasteiger partial charge >= 0.3 is 0 Å². The van der Waals surface area contributed by atoms with Gasteiger partial charge in [0, 0.05) is 6.54 Å². The molecular formula is C9H12N4O. The molecule has 0 aliphatic rings. The number of aryl methyl sites for hydroxylation is 1. The van der Waals surface area contributed by atoms with E-state index in [0.29, 0.717) is 12.2 Å². The number of nitrogens with zero attached hydrogens (tertiary/aromatic N) is 2. The Morgan fingerprint density at radius 2 is 2.57 bits per heavy atom. The Morgan fingerprint density at radius 1 is 1.86 bits per heavy atom. The van der Waals surface area contributed by atoms with E-state index < -0.39 is 0 Å². The van der Waals surface area contributed by atoms with E-state index >= 15 is 0 Å². The molecule has 1 atom stereocenters. The van der Waals surface area contributed by atoms with E-state index in [9.17, 15) is 4.79 Å². The third-order valence-corrected chi connectivity index (χ3v) is 1.85. The van der Waals surface area contributed by atoms with Gasteiger partial charge in [-0.15, -0.1) is 0 Å². The molecule has 0 aromatic carbocycles. The highest BCUT2D eigenvalue weighted by Gasteiger charge is 2.11. The lowest BCUT2D eigenvalue weighted by Gasteiger charge is -2.04. The van der Waals surface area contributed by atoms with Gasteiger partial charge in [0.1, 0.15) is 5.69 Å². The Kier molecular flexibility index (Phi) is 3.24. The molecule has 0 saturated carbocycles. The quantitative estimate of drug-likeness (QED) is 0.736. The maximum atomic E-state index is 11.5. The van der Waals surface area contributed by atoms with Crippen molar-refractivity contribution in [1.82, 2.24) is 15.5 Å². The largest absolute Gasteiger partial charge is 0.349 e. The van der Waals surface area contributed by atoms with Crippen molar-refractivity contribution in [3.63, 3.8) is 0 Å². The Labute approximate surface area is 82.1 Å². The monoisotopic (exact) mass is 192 g/mol. The van der Waals surface area contributed by atoms with E-state index in [1.807, 2.05) is 6.07 Å². The van der Waals surface area contributed by atoms with Crippen LogP contribution in [0.25, 0.3) is 0 Å². The first kappa shape index (κ1) is 10.3. The summed E-state index contributed by atoms with van der Waals surface area (Å²) in [5.41, 5.74) is 1.25. The van der Waals surface area contributed by atoms with Gasteiger partial charge in [-0.2, -0.15) is 10.4 Å². The van der Waals surface area contributed by atoms with E-state index in [1.54, 1.807) is 20.0 Å². The SMILES string of the molecule is Cc1cn[nH]c1C(=O)NCC(C)C#N. The number of hydrogen-bond donors (Lipinski definition) is 2. The number of carbonyl (C=O) groups excluding carboxylic acids is 1. The Hall–Kier alpha value is -1.83. The third-order valence-electron chi connectivity index (χ3n) is 1.85. The summed E-state index contributed by atoms with van der Waals surface area (Å²) >= 11 is 0. The number of nitrogens with one attached hydrogen (secondary N) is 2. The molecule has 14 heavy (non-hydrogen) atoms. The maximum absolute atomic E-state index is 11.5. The van der Waals surface area contributed by atoms with E-state index in [4.69, 9.17) is 5.26 Å². The normalized spacial score (nSPS) is 11.8. The topological polar surface area (TPSA) is 81.6 Å². The number of H-pyrrole nitrogens is 1. The fourth-order valence-corrected chi connectivity index (χ4v) is 0.956. The van der Waals surface area contributed by atoms with E-state index in [1.165, 1.54) is 0 Å². The van der Waals surface area contributed by atoms with Crippen LogP contribution in [0.1, 0.15) is 23.0 Å². The zero-order valence-corrected chi connectivity index (χ0v) is 8.16. The smallest absolute Gasteiger partial charge is 0.269 e. The molecule has 5 nitrogen and oxygen atoms in total. The summed E-state index contributed by atoms with van der Waals surface area (Å²) in [6.45, 7) is 3.90. The highest BCUT2D eigenvalue weighted by atomic mass is 16.1. The van der Waals surface area contributed by atoms with Gasteiger partial charge < -0.3 is 5.32 Å². The summed E-state index contributed by atoms with van der Waals surface area (Å²) in [7, 11) is 0. The zero-order chi connectivity index (χ0) is 10.6. The molecule has 1 aromatic rings. The zero-order valence-electron chi connectivity index (χ0n) is 8.16. The van der Waals surface area contributed by atoms with E-state index in [0.717, 1.165) is 5.56 Å². The van der Waals surface area contributed by atoms with Crippen molar-refractivity contribution in [2.75, 3.05) is 6.54 Å². The molecule has 1 aromatic heterocycles. The second-order valence-corrected chi connectivity index (χ2v) is 3.17. The molecule has 1 heterocycles. The van der Waals surface area contributed by atoms with Crippen molar-refractivity contribution < 1.29 is 4.79 Å². The predicted molar refractivity (Wildman–Crippen MR) is 50.4 cm³/mol. The molecule has 0 saturated heterocycles. The molecule has 1 unspecified atom stereocenters. The van der Waals surface area contributed by atoms with Crippen LogP contribution < -0.4 is 5.32 Å². The van der Waals surface area contributed by atoms with Gasteiger partial charge in [0.25, 0.3) is 5.91 Å². The molecule has 5 heteroatoms. The van der Waals surface area contributed by atoms with Crippen molar-refractivity contribution in [3.8, 4) is 6.07 Å². The molecule has 1 amide bonds. The minimum Gasteiger partial charge on any atom is -0.349 e. The standard InChI is InChI=1S/C9H12N4O/c1-6(3-10)4-11-9(14)8-7(2)5-12-13-8/h5-6H,4H2,1-2H3,(H,11,14)(H,12,13). The summed E-state index contributed by atoms with van der Waals surface area (Å²) in [5, 5.41) is 17.5. The van der Waals surface area contributed by atoms with Crippen LogP contribution in [0.2, 0.25) is 0 Å². The summed E-state index contributed by atoms with van der Waals surface area (Å²) in [6.07, 6.45) is 1.59. The van der Waals surface area contributed by atoms with Gasteiger partial charge in [0.2, 0.25) is 0 Å². The predicted octanol–water partition coefficient (Wildman–Crippen LogP) is 0.608. The summed E-state index contributed by atoms with van der Waals surface area (Å²) in [4.78, 5) is 11.5. The molecule has 0 aliphatic heterocycles. The van der Waals surface area contributed by atoms with Crippen molar-refractivity contribution >= 4 is 5.91 Å². The van der Waals surface area contributed by atoms with Gasteiger partial charge in [0.15, 0.2) is 0 Å². The highest BCUT2D eigenvalue weighted by Crippen LogP contribution is 2.01. The average Bonchev–Trinajstić information content (AvgIpc) is 2.60. The second kappa shape index (κ2) is 4.42. The van der Waals surface area contributed by atoms with Gasteiger partial charge in [0.05, 0.1) is 18.2 Å². The van der Waals surface area contributed by atoms with Crippen LogP contribution in [0.5, 0.6) is 0 Å². The van der Waals surface area contributed by atoms with Crippen LogP contribution in [0, 0.1) is 24.2 Å². The van der Waals surface area contributed by atoms with Gasteiger partial charge in [-0.25, -0.2) is 0 Å². The minimum absolute atomic E-state index is 0.179. The third kappa shape index (κ3) is 2.33. The highest BCUT2D eigenvalue weighted by molar-refractivity contribution is 5.93. The number of hydrogen-bond acceptors (Lipinski definition) is 3. The summed E-state index contributed by atoms with van der Waals surface area (Å²) in [6, 6.07) is 2.04. The first-order chi connectivity index (χ1) is 6.65. The number of nitriles is 1. The molecule has 2 N–H and O–H groups in total. The van der Waals surface area contributed by atoms with Crippen LogP contribution in [0.4, 0.5) is 0 Å². The summed E-state index contributed by atoms with van der Waals surface area (Å²) in [5.74, 6) is -0.399. The number of carbonyl (C=O) groups is 1. The van der Waals surface area contributed by atoms with Crippen LogP contribution in [-0.4, -0.2) is 22.6 Å². The molecular weight excluding hydrogens is 180 g/mol. The molecule has 0 spiro atoms. The number of amides is 1. The van der Waals surface area contributed by atoms with Gasteiger partial charge in [-0.1, -0.05) is 0 Å². The van der Waals surface area contributed by atoms with Crippen molar-refractivity contribution in [1.29, 1.82) is 5.26 Å².